The molecule has 3 aromatic rings. The zero-order valence-corrected chi connectivity index (χ0v) is 11.4. The zero-order chi connectivity index (χ0) is 14.7. The molecule has 3 aromatic carbocycles. The number of anilines is 1. The molecule has 21 heavy (non-hydrogen) atoms. The van der Waals surface area contributed by atoms with Gasteiger partial charge in [-0.1, -0.05) is 36.4 Å². The number of nitrogens with zero attached hydrogens (tertiary/aromatic N) is 1. The van der Waals surface area contributed by atoms with Crippen molar-refractivity contribution in [1.82, 2.24) is 0 Å². The van der Waals surface area contributed by atoms with Crippen LogP contribution in [-0.4, -0.2) is 0 Å². The van der Waals surface area contributed by atoms with Gasteiger partial charge in [-0.05, 0) is 29.8 Å². The van der Waals surface area contributed by atoms with Crippen LogP contribution in [0.5, 0.6) is 5.75 Å². The van der Waals surface area contributed by atoms with Crippen LogP contribution in [0, 0.1) is 11.3 Å². The Morgan fingerprint density at radius 2 is 1.62 bits per heavy atom. The summed E-state index contributed by atoms with van der Waals surface area (Å²) in [5.74, 6) is 0.779. The molecule has 0 heterocycles. The average molecular weight is 274 g/mol. The standard InChI is InChI=1S/C18H14N2O/c19-11-14-7-10-18(17-4-2-1-3-16(14)17)21-12-13-5-8-15(20)9-6-13/h1-10H,12,20H2. The molecule has 0 radical (unpaired) electrons. The molecule has 0 spiro atoms. The monoisotopic (exact) mass is 274 g/mol. The van der Waals surface area contributed by atoms with Crippen molar-refractivity contribution in [2.75, 3.05) is 5.73 Å². The van der Waals surface area contributed by atoms with Gasteiger partial charge in [0.25, 0.3) is 0 Å². The maximum atomic E-state index is 9.16. The van der Waals surface area contributed by atoms with Crippen molar-refractivity contribution < 1.29 is 4.74 Å². The fourth-order valence-corrected chi connectivity index (χ4v) is 2.27. The fraction of sp³-hybridized carbons (Fsp3) is 0.0556. The highest BCUT2D eigenvalue weighted by Crippen LogP contribution is 2.28. The van der Waals surface area contributed by atoms with Crippen molar-refractivity contribution in [1.29, 1.82) is 5.26 Å². The van der Waals surface area contributed by atoms with Crippen LogP contribution in [0.25, 0.3) is 10.8 Å². The molecular weight excluding hydrogens is 260 g/mol. The Labute approximate surface area is 123 Å². The van der Waals surface area contributed by atoms with Gasteiger partial charge in [0, 0.05) is 16.5 Å². The summed E-state index contributed by atoms with van der Waals surface area (Å²) in [6, 6.07) is 21.2. The highest BCUT2D eigenvalue weighted by molar-refractivity contribution is 5.92. The molecule has 0 aliphatic carbocycles. The quantitative estimate of drug-likeness (QED) is 0.737. The summed E-state index contributed by atoms with van der Waals surface area (Å²) in [7, 11) is 0. The van der Waals surface area contributed by atoms with E-state index in [4.69, 9.17) is 15.7 Å². The van der Waals surface area contributed by atoms with Gasteiger partial charge in [0.2, 0.25) is 0 Å². The van der Waals surface area contributed by atoms with E-state index < -0.39 is 0 Å². The highest BCUT2D eigenvalue weighted by atomic mass is 16.5. The van der Waals surface area contributed by atoms with E-state index in [1.54, 1.807) is 6.07 Å². The lowest BCUT2D eigenvalue weighted by Crippen LogP contribution is -1.97. The van der Waals surface area contributed by atoms with E-state index in [-0.39, 0.29) is 0 Å². The van der Waals surface area contributed by atoms with Crippen LogP contribution < -0.4 is 10.5 Å². The summed E-state index contributed by atoms with van der Waals surface area (Å²) in [5, 5.41) is 11.0. The number of nitriles is 1. The van der Waals surface area contributed by atoms with Gasteiger partial charge in [0.15, 0.2) is 0 Å². The lowest BCUT2D eigenvalue weighted by Gasteiger charge is -2.10. The second-order valence-corrected chi connectivity index (χ2v) is 4.80. The van der Waals surface area contributed by atoms with Crippen LogP contribution in [0.3, 0.4) is 0 Å². The first-order chi connectivity index (χ1) is 10.3. The Hall–Kier alpha value is -2.99. The van der Waals surface area contributed by atoms with Crippen molar-refractivity contribution in [3.05, 3.63) is 71.8 Å². The molecule has 0 saturated heterocycles. The number of rotatable bonds is 3. The number of benzene rings is 3. The van der Waals surface area contributed by atoms with Gasteiger partial charge in [0.05, 0.1) is 11.6 Å². The normalized spacial score (nSPS) is 10.2. The fourth-order valence-electron chi connectivity index (χ4n) is 2.27. The molecule has 2 N–H and O–H groups in total. The lowest BCUT2D eigenvalue weighted by atomic mass is 10.0. The minimum Gasteiger partial charge on any atom is -0.488 e. The van der Waals surface area contributed by atoms with E-state index in [1.807, 2.05) is 54.6 Å². The third kappa shape index (κ3) is 2.65. The van der Waals surface area contributed by atoms with Crippen molar-refractivity contribution in [3.63, 3.8) is 0 Å². The van der Waals surface area contributed by atoms with E-state index in [1.165, 1.54) is 0 Å². The Morgan fingerprint density at radius 3 is 2.33 bits per heavy atom. The highest BCUT2D eigenvalue weighted by Gasteiger charge is 2.06. The van der Waals surface area contributed by atoms with Crippen LogP contribution >= 0.6 is 0 Å². The second-order valence-electron chi connectivity index (χ2n) is 4.80. The number of hydrogen-bond donors (Lipinski definition) is 1. The summed E-state index contributed by atoms with van der Waals surface area (Å²) < 4.78 is 5.89. The van der Waals surface area contributed by atoms with Gasteiger partial charge in [-0.3, -0.25) is 0 Å². The molecule has 0 fully saturated rings. The molecular formula is C18H14N2O. The molecule has 0 saturated carbocycles. The number of nitrogen functional groups attached to an aromatic ring is 1. The molecule has 3 heteroatoms. The largest absolute Gasteiger partial charge is 0.488 e. The van der Waals surface area contributed by atoms with Crippen molar-refractivity contribution in [2.24, 2.45) is 0 Å². The molecule has 102 valence electrons. The van der Waals surface area contributed by atoms with Gasteiger partial charge < -0.3 is 10.5 Å². The maximum absolute atomic E-state index is 9.16. The minimum absolute atomic E-state index is 0.468. The Morgan fingerprint density at radius 1 is 0.905 bits per heavy atom. The summed E-state index contributed by atoms with van der Waals surface area (Å²) in [4.78, 5) is 0. The molecule has 0 aromatic heterocycles. The molecule has 0 aliphatic rings. The SMILES string of the molecule is N#Cc1ccc(OCc2ccc(N)cc2)c2ccccc12. The van der Waals surface area contributed by atoms with E-state index in [2.05, 4.69) is 6.07 Å². The number of nitrogens with two attached hydrogens (primary N) is 1. The van der Waals surface area contributed by atoms with Crippen LogP contribution in [-0.2, 0) is 6.61 Å². The Balaban J connectivity index is 1.91. The first kappa shape index (κ1) is 13.0. The van der Waals surface area contributed by atoms with Gasteiger partial charge in [-0.15, -0.1) is 0 Å². The maximum Gasteiger partial charge on any atom is 0.127 e. The smallest absolute Gasteiger partial charge is 0.127 e. The first-order valence-electron chi connectivity index (χ1n) is 6.67. The molecule has 0 unspecified atom stereocenters. The Bertz CT molecular complexity index is 817. The predicted octanol–water partition coefficient (Wildman–Crippen LogP) is 3.87. The minimum atomic E-state index is 0.468. The van der Waals surface area contributed by atoms with Gasteiger partial charge in [0.1, 0.15) is 12.4 Å². The molecule has 0 bridgehead atoms. The summed E-state index contributed by atoms with van der Waals surface area (Å²) >= 11 is 0. The van der Waals surface area contributed by atoms with Gasteiger partial charge >= 0.3 is 0 Å². The van der Waals surface area contributed by atoms with Crippen molar-refractivity contribution in [2.45, 2.75) is 6.61 Å². The van der Waals surface area contributed by atoms with Crippen LogP contribution in [0.2, 0.25) is 0 Å². The average Bonchev–Trinajstić information content (AvgIpc) is 2.54. The summed E-state index contributed by atoms with van der Waals surface area (Å²) in [5.41, 5.74) is 8.12. The predicted molar refractivity (Wildman–Crippen MR) is 83.8 cm³/mol. The molecule has 0 atom stereocenters. The van der Waals surface area contributed by atoms with Crippen molar-refractivity contribution >= 4 is 16.5 Å². The zero-order valence-electron chi connectivity index (χ0n) is 11.4. The molecule has 3 rings (SSSR count). The van der Waals surface area contributed by atoms with Crippen LogP contribution in [0.1, 0.15) is 11.1 Å². The van der Waals surface area contributed by atoms with Gasteiger partial charge in [-0.2, -0.15) is 5.26 Å². The topological polar surface area (TPSA) is 59.0 Å². The van der Waals surface area contributed by atoms with E-state index >= 15 is 0 Å². The van der Waals surface area contributed by atoms with Crippen LogP contribution in [0.4, 0.5) is 5.69 Å². The van der Waals surface area contributed by atoms with Gasteiger partial charge in [-0.25, -0.2) is 0 Å². The summed E-state index contributed by atoms with van der Waals surface area (Å²) in [6.07, 6.45) is 0. The van der Waals surface area contributed by atoms with Crippen LogP contribution in [0.15, 0.2) is 60.7 Å². The Kier molecular flexibility index (Phi) is 3.44. The first-order valence-corrected chi connectivity index (χ1v) is 6.67. The summed E-state index contributed by atoms with van der Waals surface area (Å²) in [6.45, 7) is 0.468. The molecule has 0 amide bonds. The lowest BCUT2D eigenvalue weighted by molar-refractivity contribution is 0.310. The van der Waals surface area contributed by atoms with E-state index in [9.17, 15) is 0 Å². The number of ether oxygens (including phenoxy) is 1. The van der Waals surface area contributed by atoms with Crippen molar-refractivity contribution in [3.8, 4) is 11.8 Å². The third-order valence-corrected chi connectivity index (χ3v) is 3.38. The number of hydrogen-bond acceptors (Lipinski definition) is 3. The third-order valence-electron chi connectivity index (χ3n) is 3.38. The molecule has 0 aliphatic heterocycles. The van der Waals surface area contributed by atoms with E-state index in [0.717, 1.165) is 27.8 Å². The van der Waals surface area contributed by atoms with E-state index in [0.29, 0.717) is 12.2 Å². The number of fused-ring (bicyclic) bond motifs is 1. The second kappa shape index (κ2) is 5.56. The molecule has 3 nitrogen and oxygen atoms in total.